The Morgan fingerprint density at radius 3 is 2.39 bits per heavy atom. The van der Waals surface area contributed by atoms with Gasteiger partial charge in [-0.2, -0.15) is 5.10 Å². The number of nitrogens with one attached hydrogen (secondary N) is 1. The Hall–Kier alpha value is -3.42. The van der Waals surface area contributed by atoms with E-state index in [1.807, 2.05) is 0 Å². The second-order valence-corrected chi connectivity index (χ2v) is 4.68. The summed E-state index contributed by atoms with van der Waals surface area (Å²) in [6.45, 7) is 1.58. The number of rotatable bonds is 4. The molecule has 0 atom stereocenters. The summed E-state index contributed by atoms with van der Waals surface area (Å²) in [7, 11) is 0. The van der Waals surface area contributed by atoms with E-state index < -0.39 is 10.8 Å². The summed E-state index contributed by atoms with van der Waals surface area (Å²) in [6, 6.07) is 9.27. The van der Waals surface area contributed by atoms with Crippen molar-refractivity contribution in [3.63, 3.8) is 0 Å². The zero-order valence-electron chi connectivity index (χ0n) is 12.1. The van der Waals surface area contributed by atoms with Crippen LogP contribution >= 0.6 is 0 Å². The maximum Gasteiger partial charge on any atom is 0.271 e. The molecule has 0 aliphatic carbocycles. The molecule has 3 N–H and O–H groups in total. The lowest BCUT2D eigenvalue weighted by molar-refractivity contribution is -0.384. The summed E-state index contributed by atoms with van der Waals surface area (Å²) in [4.78, 5) is 22.1. The number of nitro benzene ring substituents is 1. The number of nitrogens with zero attached hydrogens (tertiary/aromatic N) is 2. The van der Waals surface area contributed by atoms with Gasteiger partial charge in [-0.1, -0.05) is 12.1 Å². The first-order chi connectivity index (χ1) is 10.9. The standard InChI is InChI=1S/C15H13N3O5/c1-9(10-3-2-4-12(5-10)18(22)23)16-17-15(21)11-6-13(19)8-14(20)7-11/h2-8,19-20H,1H3,(H,17,21)/b16-9+. The zero-order valence-corrected chi connectivity index (χ0v) is 12.1. The van der Waals surface area contributed by atoms with Crippen molar-refractivity contribution in [2.24, 2.45) is 5.10 Å². The molecule has 0 bridgehead atoms. The van der Waals surface area contributed by atoms with Crippen LogP contribution in [0.25, 0.3) is 0 Å². The lowest BCUT2D eigenvalue weighted by Gasteiger charge is -2.04. The highest BCUT2D eigenvalue weighted by atomic mass is 16.6. The van der Waals surface area contributed by atoms with Crippen molar-refractivity contribution in [3.05, 3.63) is 63.7 Å². The van der Waals surface area contributed by atoms with Crippen molar-refractivity contribution >= 4 is 17.3 Å². The second kappa shape index (κ2) is 6.56. The molecule has 23 heavy (non-hydrogen) atoms. The Labute approximate surface area is 130 Å². The normalized spacial score (nSPS) is 11.1. The van der Waals surface area contributed by atoms with Crippen LogP contribution in [0.5, 0.6) is 11.5 Å². The van der Waals surface area contributed by atoms with E-state index in [1.165, 1.54) is 30.3 Å². The number of amides is 1. The van der Waals surface area contributed by atoms with Gasteiger partial charge in [-0.25, -0.2) is 5.43 Å². The van der Waals surface area contributed by atoms with Gasteiger partial charge < -0.3 is 10.2 Å². The van der Waals surface area contributed by atoms with Crippen LogP contribution in [0.4, 0.5) is 5.69 Å². The van der Waals surface area contributed by atoms with Crippen LogP contribution in [0.15, 0.2) is 47.6 Å². The number of non-ortho nitro benzene ring substituents is 1. The van der Waals surface area contributed by atoms with Gasteiger partial charge in [0.05, 0.1) is 10.6 Å². The Morgan fingerprint density at radius 2 is 1.78 bits per heavy atom. The third kappa shape index (κ3) is 4.03. The number of carbonyl (C=O) groups is 1. The van der Waals surface area contributed by atoms with Crippen molar-refractivity contribution in [3.8, 4) is 11.5 Å². The highest BCUT2D eigenvalue weighted by molar-refractivity contribution is 6.01. The number of nitro groups is 1. The summed E-state index contributed by atoms with van der Waals surface area (Å²) in [5, 5.41) is 33.3. The molecule has 2 rings (SSSR count). The topological polar surface area (TPSA) is 125 Å². The molecule has 118 valence electrons. The van der Waals surface area contributed by atoms with Gasteiger partial charge in [0.25, 0.3) is 11.6 Å². The zero-order chi connectivity index (χ0) is 17.0. The molecular formula is C15H13N3O5. The van der Waals surface area contributed by atoms with Crippen LogP contribution in [0.3, 0.4) is 0 Å². The fourth-order valence-corrected chi connectivity index (χ4v) is 1.83. The molecule has 0 fully saturated rings. The van der Waals surface area contributed by atoms with Crippen LogP contribution < -0.4 is 5.43 Å². The molecule has 2 aromatic carbocycles. The quantitative estimate of drug-likeness (QED) is 0.453. The van der Waals surface area contributed by atoms with Gasteiger partial charge in [-0.05, 0) is 19.1 Å². The van der Waals surface area contributed by atoms with Gasteiger partial charge >= 0.3 is 0 Å². The predicted molar refractivity (Wildman–Crippen MR) is 82.5 cm³/mol. The molecule has 8 heteroatoms. The first-order valence-corrected chi connectivity index (χ1v) is 6.49. The fraction of sp³-hybridized carbons (Fsp3) is 0.0667. The summed E-state index contributed by atoms with van der Waals surface area (Å²) < 4.78 is 0. The Morgan fingerprint density at radius 1 is 1.13 bits per heavy atom. The summed E-state index contributed by atoms with van der Waals surface area (Å²) in [6.07, 6.45) is 0. The number of aromatic hydroxyl groups is 2. The molecule has 0 heterocycles. The van der Waals surface area contributed by atoms with E-state index in [-0.39, 0.29) is 22.7 Å². The number of benzene rings is 2. The minimum atomic E-state index is -0.638. The number of phenolic OH excluding ortho intramolecular Hbond substituents is 2. The van der Waals surface area contributed by atoms with Crippen molar-refractivity contribution < 1.29 is 19.9 Å². The minimum Gasteiger partial charge on any atom is -0.508 e. The maximum absolute atomic E-state index is 11.9. The molecule has 2 aromatic rings. The average molecular weight is 315 g/mol. The van der Waals surface area contributed by atoms with Crippen molar-refractivity contribution in [1.82, 2.24) is 5.43 Å². The molecule has 1 amide bonds. The Bertz CT molecular complexity index is 781. The van der Waals surface area contributed by atoms with E-state index in [2.05, 4.69) is 10.5 Å². The minimum absolute atomic E-state index is 0.0260. The predicted octanol–water partition coefficient (Wildman–Crippen LogP) is 2.16. The second-order valence-electron chi connectivity index (χ2n) is 4.68. The molecule has 0 aliphatic heterocycles. The van der Waals surface area contributed by atoms with E-state index in [9.17, 15) is 25.1 Å². The SMILES string of the molecule is C/C(=N\NC(=O)c1cc(O)cc(O)c1)c1cccc([N+](=O)[O-])c1. The molecule has 0 aromatic heterocycles. The van der Waals surface area contributed by atoms with Crippen LogP contribution in [-0.4, -0.2) is 26.8 Å². The molecule has 0 spiro atoms. The van der Waals surface area contributed by atoms with Gasteiger partial charge in [0.1, 0.15) is 11.5 Å². The van der Waals surface area contributed by atoms with Gasteiger partial charge in [0, 0.05) is 29.3 Å². The monoisotopic (exact) mass is 315 g/mol. The van der Waals surface area contributed by atoms with Gasteiger partial charge in [0.15, 0.2) is 0 Å². The molecule has 0 saturated heterocycles. The first kappa shape index (κ1) is 16.0. The Balaban J connectivity index is 2.17. The molecule has 0 saturated carbocycles. The van der Waals surface area contributed by atoms with Crippen molar-refractivity contribution in [2.75, 3.05) is 0 Å². The third-order valence-electron chi connectivity index (χ3n) is 2.96. The lowest BCUT2D eigenvalue weighted by Crippen LogP contribution is -2.19. The number of hydrazone groups is 1. The third-order valence-corrected chi connectivity index (χ3v) is 2.96. The van der Waals surface area contributed by atoms with Gasteiger partial charge in [-0.3, -0.25) is 14.9 Å². The number of phenols is 2. The van der Waals surface area contributed by atoms with Crippen LogP contribution in [0, 0.1) is 10.1 Å². The van der Waals surface area contributed by atoms with E-state index in [0.717, 1.165) is 6.07 Å². The molecule has 0 unspecified atom stereocenters. The first-order valence-electron chi connectivity index (χ1n) is 6.49. The largest absolute Gasteiger partial charge is 0.508 e. The van der Waals surface area contributed by atoms with E-state index in [1.54, 1.807) is 13.0 Å². The van der Waals surface area contributed by atoms with E-state index in [0.29, 0.717) is 11.3 Å². The molecule has 0 radical (unpaired) electrons. The number of carbonyl (C=O) groups excluding carboxylic acids is 1. The summed E-state index contributed by atoms with van der Waals surface area (Å²) in [5.41, 5.74) is 3.05. The molecule has 8 nitrogen and oxygen atoms in total. The lowest BCUT2D eigenvalue weighted by atomic mass is 10.1. The van der Waals surface area contributed by atoms with E-state index in [4.69, 9.17) is 0 Å². The summed E-state index contributed by atoms with van der Waals surface area (Å²) >= 11 is 0. The van der Waals surface area contributed by atoms with Gasteiger partial charge in [0.2, 0.25) is 0 Å². The fourth-order valence-electron chi connectivity index (χ4n) is 1.83. The smallest absolute Gasteiger partial charge is 0.271 e. The highest BCUT2D eigenvalue weighted by Gasteiger charge is 2.10. The van der Waals surface area contributed by atoms with Crippen LogP contribution in [0.1, 0.15) is 22.8 Å². The maximum atomic E-state index is 11.9. The summed E-state index contributed by atoms with van der Waals surface area (Å²) in [5.74, 6) is -1.15. The van der Waals surface area contributed by atoms with E-state index >= 15 is 0 Å². The van der Waals surface area contributed by atoms with Crippen LogP contribution in [0.2, 0.25) is 0 Å². The molecular weight excluding hydrogens is 302 g/mol. The number of hydrogen-bond donors (Lipinski definition) is 3. The molecule has 0 aliphatic rings. The van der Waals surface area contributed by atoms with Crippen molar-refractivity contribution in [1.29, 1.82) is 0 Å². The highest BCUT2D eigenvalue weighted by Crippen LogP contribution is 2.20. The Kier molecular flexibility index (Phi) is 4.55. The van der Waals surface area contributed by atoms with Crippen molar-refractivity contribution in [2.45, 2.75) is 6.92 Å². The van der Waals surface area contributed by atoms with Crippen LogP contribution in [-0.2, 0) is 0 Å². The number of hydrogen-bond acceptors (Lipinski definition) is 6. The van der Waals surface area contributed by atoms with Gasteiger partial charge in [-0.15, -0.1) is 0 Å². The average Bonchev–Trinajstić information content (AvgIpc) is 2.51.